The van der Waals surface area contributed by atoms with E-state index in [1.54, 1.807) is 12.1 Å². The second kappa shape index (κ2) is 5.52. The van der Waals surface area contributed by atoms with E-state index in [4.69, 9.17) is 4.74 Å². The molecule has 1 atom stereocenters. The molecule has 0 unspecified atom stereocenters. The quantitative estimate of drug-likeness (QED) is 0.746. The molecule has 1 aliphatic heterocycles. The fourth-order valence-corrected chi connectivity index (χ4v) is 3.68. The number of rotatable bonds is 2. The van der Waals surface area contributed by atoms with Gasteiger partial charge in [-0.2, -0.15) is 0 Å². The third-order valence-corrected chi connectivity index (χ3v) is 4.90. The molecule has 1 amide bonds. The van der Waals surface area contributed by atoms with Gasteiger partial charge in [0, 0.05) is 22.3 Å². The van der Waals surface area contributed by atoms with E-state index in [1.807, 2.05) is 0 Å². The number of amides is 1. The van der Waals surface area contributed by atoms with Gasteiger partial charge in [-0.3, -0.25) is 14.4 Å². The SMILES string of the molecule is COc1cccc2c1C(=O)N[C@@]2(O)c1c(O)ccc2c1C(=O)C=C(C)C2=O. The number of benzene rings is 2. The minimum Gasteiger partial charge on any atom is -0.507 e. The second-order valence-corrected chi connectivity index (χ2v) is 6.45. The number of aromatic hydroxyl groups is 1. The number of allylic oxidation sites excluding steroid dienone is 2. The molecule has 136 valence electrons. The molecule has 0 radical (unpaired) electrons. The molecule has 0 fully saturated rings. The summed E-state index contributed by atoms with van der Waals surface area (Å²) < 4.78 is 5.19. The molecule has 3 N–H and O–H groups in total. The minimum atomic E-state index is -2.19. The van der Waals surface area contributed by atoms with Crippen LogP contribution in [0.25, 0.3) is 0 Å². The number of ether oxygens (including phenoxy) is 1. The van der Waals surface area contributed by atoms with Gasteiger partial charge < -0.3 is 20.3 Å². The normalized spacial score (nSPS) is 20.7. The van der Waals surface area contributed by atoms with E-state index in [-0.39, 0.29) is 44.9 Å². The Hall–Kier alpha value is -3.45. The van der Waals surface area contributed by atoms with Crippen LogP contribution < -0.4 is 10.1 Å². The predicted molar refractivity (Wildman–Crippen MR) is 94.0 cm³/mol. The minimum absolute atomic E-state index is 0.0619. The molecule has 7 heteroatoms. The number of carbonyl (C=O) groups excluding carboxylic acids is 3. The molecule has 1 heterocycles. The summed E-state index contributed by atoms with van der Waals surface area (Å²) in [6.07, 6.45) is 1.15. The maximum absolute atomic E-state index is 12.6. The van der Waals surface area contributed by atoms with Gasteiger partial charge in [-0.1, -0.05) is 12.1 Å². The van der Waals surface area contributed by atoms with Gasteiger partial charge in [-0.05, 0) is 31.2 Å². The number of nitrogens with one attached hydrogen (secondary N) is 1. The third-order valence-electron chi connectivity index (χ3n) is 4.90. The summed E-state index contributed by atoms with van der Waals surface area (Å²) in [4.78, 5) is 37.6. The summed E-state index contributed by atoms with van der Waals surface area (Å²) in [5.41, 5.74) is -2.01. The van der Waals surface area contributed by atoms with Crippen LogP contribution in [0.15, 0.2) is 42.0 Å². The Bertz CT molecular complexity index is 1080. The second-order valence-electron chi connectivity index (χ2n) is 6.45. The maximum atomic E-state index is 12.6. The average molecular weight is 365 g/mol. The van der Waals surface area contributed by atoms with E-state index in [9.17, 15) is 24.6 Å². The first kappa shape index (κ1) is 17.0. The van der Waals surface area contributed by atoms with Crippen LogP contribution in [0.5, 0.6) is 11.5 Å². The first-order valence-corrected chi connectivity index (χ1v) is 8.15. The zero-order valence-electron chi connectivity index (χ0n) is 14.5. The van der Waals surface area contributed by atoms with Crippen molar-refractivity contribution in [2.24, 2.45) is 0 Å². The van der Waals surface area contributed by atoms with Crippen molar-refractivity contribution >= 4 is 17.5 Å². The lowest BCUT2D eigenvalue weighted by Crippen LogP contribution is -2.42. The lowest BCUT2D eigenvalue weighted by molar-refractivity contribution is 0.0449. The van der Waals surface area contributed by atoms with E-state index in [0.29, 0.717) is 0 Å². The Morgan fingerprint density at radius 2 is 1.81 bits per heavy atom. The summed E-state index contributed by atoms with van der Waals surface area (Å²) in [5.74, 6) is -1.72. The molecule has 2 aliphatic rings. The fraction of sp³-hybridized carbons (Fsp3) is 0.150. The zero-order valence-corrected chi connectivity index (χ0v) is 14.5. The van der Waals surface area contributed by atoms with E-state index in [0.717, 1.165) is 6.08 Å². The molecule has 0 aromatic heterocycles. The van der Waals surface area contributed by atoms with Gasteiger partial charge in [0.05, 0.1) is 18.2 Å². The number of Topliss-reactive ketones (excluding diaryl/α,β-unsaturated/α-hetero) is 1. The Morgan fingerprint density at radius 3 is 2.52 bits per heavy atom. The van der Waals surface area contributed by atoms with E-state index >= 15 is 0 Å². The number of ketones is 2. The lowest BCUT2D eigenvalue weighted by atomic mass is 9.81. The largest absolute Gasteiger partial charge is 0.507 e. The smallest absolute Gasteiger partial charge is 0.258 e. The Kier molecular flexibility index (Phi) is 3.47. The van der Waals surface area contributed by atoms with Crippen molar-refractivity contribution in [2.75, 3.05) is 7.11 Å². The van der Waals surface area contributed by atoms with Crippen LogP contribution in [0.4, 0.5) is 0 Å². The highest BCUT2D eigenvalue weighted by molar-refractivity contribution is 6.25. The van der Waals surface area contributed by atoms with Gasteiger partial charge in [0.2, 0.25) is 0 Å². The van der Waals surface area contributed by atoms with Gasteiger partial charge in [0.25, 0.3) is 5.91 Å². The molecular weight excluding hydrogens is 350 g/mol. The fourth-order valence-electron chi connectivity index (χ4n) is 3.68. The molecule has 1 aliphatic carbocycles. The van der Waals surface area contributed by atoms with E-state index in [1.165, 1.54) is 32.2 Å². The predicted octanol–water partition coefficient (Wildman–Crippen LogP) is 1.66. The van der Waals surface area contributed by atoms with Crippen molar-refractivity contribution < 1.29 is 29.3 Å². The van der Waals surface area contributed by atoms with E-state index in [2.05, 4.69) is 5.32 Å². The monoisotopic (exact) mass is 365 g/mol. The number of hydrogen-bond donors (Lipinski definition) is 3. The van der Waals surface area contributed by atoms with Crippen molar-refractivity contribution in [2.45, 2.75) is 12.6 Å². The van der Waals surface area contributed by atoms with Crippen LogP contribution in [0.3, 0.4) is 0 Å². The van der Waals surface area contributed by atoms with Gasteiger partial charge >= 0.3 is 0 Å². The Morgan fingerprint density at radius 1 is 1.07 bits per heavy atom. The van der Waals surface area contributed by atoms with Crippen LogP contribution in [-0.2, 0) is 5.72 Å². The standard InChI is InChI=1S/C20H15NO6/c1-9-8-13(23)15-10(18(9)24)6-7-12(22)17(15)20(26)11-4-3-5-14(27-2)16(11)19(25)21-20/h3-8,22,26H,1-2H3,(H,21,25)/t20-/m0/s1. The highest BCUT2D eigenvalue weighted by Gasteiger charge is 2.49. The number of fused-ring (bicyclic) bond motifs is 2. The molecule has 0 bridgehead atoms. The van der Waals surface area contributed by atoms with Gasteiger partial charge in [0.15, 0.2) is 17.3 Å². The number of phenols is 1. The van der Waals surface area contributed by atoms with Crippen molar-refractivity contribution in [3.8, 4) is 11.5 Å². The molecule has 2 aromatic carbocycles. The summed E-state index contributed by atoms with van der Waals surface area (Å²) in [5, 5.41) is 24.3. The first-order chi connectivity index (χ1) is 12.8. The van der Waals surface area contributed by atoms with Crippen LogP contribution in [-0.4, -0.2) is 34.8 Å². The van der Waals surface area contributed by atoms with E-state index < -0.39 is 23.2 Å². The highest BCUT2D eigenvalue weighted by Crippen LogP contribution is 2.45. The van der Waals surface area contributed by atoms with Crippen LogP contribution in [0, 0.1) is 0 Å². The third kappa shape index (κ3) is 2.15. The Labute approximate surface area is 153 Å². The highest BCUT2D eigenvalue weighted by atomic mass is 16.5. The van der Waals surface area contributed by atoms with Crippen molar-refractivity contribution in [1.29, 1.82) is 0 Å². The number of phenolic OH excluding ortho intramolecular Hbond substituents is 1. The van der Waals surface area contributed by atoms with Crippen molar-refractivity contribution in [3.63, 3.8) is 0 Å². The lowest BCUT2D eigenvalue weighted by Gasteiger charge is -2.29. The molecule has 2 aromatic rings. The van der Waals surface area contributed by atoms with Crippen LogP contribution in [0.1, 0.15) is 49.1 Å². The molecule has 0 spiro atoms. The van der Waals surface area contributed by atoms with Gasteiger partial charge in [-0.25, -0.2) is 0 Å². The maximum Gasteiger partial charge on any atom is 0.258 e. The van der Waals surface area contributed by atoms with Crippen molar-refractivity contribution in [3.05, 3.63) is 69.8 Å². The van der Waals surface area contributed by atoms with Gasteiger partial charge in [0.1, 0.15) is 11.5 Å². The number of methoxy groups -OCH3 is 1. The summed E-state index contributed by atoms with van der Waals surface area (Å²) >= 11 is 0. The molecular formula is C20H15NO6. The summed E-state index contributed by atoms with van der Waals surface area (Å²) in [6, 6.07) is 7.18. The summed E-state index contributed by atoms with van der Waals surface area (Å²) in [7, 11) is 1.39. The van der Waals surface area contributed by atoms with Crippen LogP contribution >= 0.6 is 0 Å². The molecule has 0 saturated carbocycles. The number of carbonyl (C=O) groups is 3. The average Bonchev–Trinajstić information content (AvgIpc) is 2.91. The van der Waals surface area contributed by atoms with Crippen molar-refractivity contribution in [1.82, 2.24) is 5.32 Å². The van der Waals surface area contributed by atoms with Gasteiger partial charge in [-0.15, -0.1) is 0 Å². The molecule has 0 saturated heterocycles. The summed E-state index contributed by atoms with van der Waals surface area (Å²) in [6.45, 7) is 1.52. The first-order valence-electron chi connectivity index (χ1n) is 8.15. The molecule has 27 heavy (non-hydrogen) atoms. The van der Waals surface area contributed by atoms with Crippen LogP contribution in [0.2, 0.25) is 0 Å². The Balaban J connectivity index is 2.05. The number of hydrogen-bond acceptors (Lipinski definition) is 6. The molecule has 4 rings (SSSR count). The topological polar surface area (TPSA) is 113 Å². The number of aliphatic hydroxyl groups is 1. The molecule has 7 nitrogen and oxygen atoms in total. The zero-order chi connectivity index (χ0) is 19.5.